The monoisotopic (exact) mass is 384 g/mol. The fourth-order valence-electron chi connectivity index (χ4n) is 4.00. The first-order valence-electron chi connectivity index (χ1n) is 9.87. The van der Waals surface area contributed by atoms with E-state index in [1.165, 1.54) is 0 Å². The molecule has 2 heterocycles. The van der Waals surface area contributed by atoms with Gasteiger partial charge in [0.05, 0.1) is 24.9 Å². The molecule has 4 atom stereocenters. The molecule has 2 aromatic rings. The van der Waals surface area contributed by atoms with Gasteiger partial charge in [0.25, 0.3) is 0 Å². The Morgan fingerprint density at radius 2 is 1.89 bits per heavy atom. The van der Waals surface area contributed by atoms with Gasteiger partial charge in [-0.05, 0) is 29.7 Å². The van der Waals surface area contributed by atoms with E-state index in [1.54, 1.807) is 0 Å². The van der Waals surface area contributed by atoms with Crippen molar-refractivity contribution in [2.45, 2.75) is 44.1 Å². The van der Waals surface area contributed by atoms with Crippen molar-refractivity contribution in [2.75, 3.05) is 25.4 Å². The first-order chi connectivity index (χ1) is 13.6. The van der Waals surface area contributed by atoms with Crippen LogP contribution in [0.5, 0.6) is 0 Å². The number of anilines is 1. The van der Waals surface area contributed by atoms with E-state index >= 15 is 0 Å². The fourth-order valence-corrected chi connectivity index (χ4v) is 4.00. The minimum atomic E-state index is -0.489. The quantitative estimate of drug-likeness (QED) is 0.686. The number of nitrogens with zero attached hydrogens (tertiary/aromatic N) is 1. The molecule has 0 unspecified atom stereocenters. The highest BCUT2D eigenvalue weighted by atomic mass is 16.7. The van der Waals surface area contributed by atoms with Gasteiger partial charge in [0.2, 0.25) is 0 Å². The maximum atomic E-state index is 9.83. The van der Waals surface area contributed by atoms with E-state index in [-0.39, 0.29) is 24.9 Å². The number of benzene rings is 2. The van der Waals surface area contributed by atoms with Gasteiger partial charge >= 0.3 is 0 Å². The fraction of sp³-hybridized carbons (Fsp3) is 0.455. The van der Waals surface area contributed by atoms with Gasteiger partial charge in [0.1, 0.15) is 0 Å². The lowest BCUT2D eigenvalue weighted by Crippen LogP contribution is -2.38. The summed E-state index contributed by atoms with van der Waals surface area (Å²) < 4.78 is 12.6. The molecule has 2 fully saturated rings. The van der Waals surface area contributed by atoms with Crippen LogP contribution in [-0.4, -0.2) is 47.0 Å². The molecule has 2 aromatic carbocycles. The molecule has 4 rings (SSSR count). The first kappa shape index (κ1) is 19.4. The van der Waals surface area contributed by atoms with E-state index in [2.05, 4.69) is 4.90 Å². The molecule has 0 amide bonds. The van der Waals surface area contributed by atoms with E-state index in [0.29, 0.717) is 12.2 Å². The molecule has 0 aromatic heterocycles. The second kappa shape index (κ2) is 8.59. The number of aliphatic hydroxyl groups is 2. The molecule has 6 heteroatoms. The molecule has 2 aliphatic rings. The minimum Gasteiger partial charge on any atom is -0.399 e. The Labute approximate surface area is 165 Å². The molecule has 150 valence electrons. The molecular formula is C22H28N2O4. The van der Waals surface area contributed by atoms with Crippen molar-refractivity contribution in [2.24, 2.45) is 0 Å². The van der Waals surface area contributed by atoms with Crippen molar-refractivity contribution >= 4 is 5.69 Å². The smallest absolute Gasteiger partial charge is 0.185 e. The average molecular weight is 384 g/mol. The van der Waals surface area contributed by atoms with Gasteiger partial charge in [-0.15, -0.1) is 0 Å². The third-order valence-corrected chi connectivity index (χ3v) is 5.51. The lowest BCUT2D eigenvalue weighted by molar-refractivity contribution is -0.252. The van der Waals surface area contributed by atoms with Crippen molar-refractivity contribution in [3.63, 3.8) is 0 Å². The number of β-amino-alcohol motifs (C(OH)–C–C–N with tert-alkyl or cyclic N) is 1. The summed E-state index contributed by atoms with van der Waals surface area (Å²) in [5.41, 5.74) is 9.49. The van der Waals surface area contributed by atoms with Crippen molar-refractivity contribution in [1.82, 2.24) is 4.90 Å². The Morgan fingerprint density at radius 1 is 1.07 bits per heavy atom. The van der Waals surface area contributed by atoms with Crippen LogP contribution >= 0.6 is 0 Å². The summed E-state index contributed by atoms with van der Waals surface area (Å²) in [4.78, 5) is 2.25. The van der Waals surface area contributed by atoms with Gasteiger partial charge in [-0.3, -0.25) is 4.90 Å². The molecule has 4 N–H and O–H groups in total. The predicted molar refractivity (Wildman–Crippen MR) is 106 cm³/mol. The van der Waals surface area contributed by atoms with Gasteiger partial charge in [0.15, 0.2) is 6.29 Å². The van der Waals surface area contributed by atoms with Crippen LogP contribution in [0.25, 0.3) is 0 Å². The van der Waals surface area contributed by atoms with E-state index in [4.69, 9.17) is 15.2 Å². The summed E-state index contributed by atoms with van der Waals surface area (Å²) in [5, 5.41) is 19.1. The van der Waals surface area contributed by atoms with Crippen molar-refractivity contribution in [1.29, 1.82) is 0 Å². The Morgan fingerprint density at radius 3 is 2.57 bits per heavy atom. The lowest BCUT2D eigenvalue weighted by Gasteiger charge is -2.37. The third-order valence-electron chi connectivity index (χ3n) is 5.51. The summed E-state index contributed by atoms with van der Waals surface area (Å²) in [6.45, 7) is 2.38. The Hall–Kier alpha value is -1.96. The first-order valence-corrected chi connectivity index (χ1v) is 9.87. The predicted octanol–water partition coefficient (Wildman–Crippen LogP) is 2.37. The molecule has 6 nitrogen and oxygen atoms in total. The zero-order valence-corrected chi connectivity index (χ0v) is 15.9. The number of aliphatic hydroxyl groups excluding tert-OH is 2. The minimum absolute atomic E-state index is 0.00648. The number of hydrogen-bond donors (Lipinski definition) is 3. The number of nitrogen functional groups attached to an aromatic ring is 1. The van der Waals surface area contributed by atoms with Gasteiger partial charge in [-0.1, -0.05) is 36.4 Å². The van der Waals surface area contributed by atoms with E-state index in [9.17, 15) is 10.2 Å². The molecule has 2 saturated heterocycles. The van der Waals surface area contributed by atoms with Crippen LogP contribution in [0.4, 0.5) is 5.69 Å². The highest BCUT2D eigenvalue weighted by Gasteiger charge is 2.34. The molecule has 0 radical (unpaired) electrons. The average Bonchev–Trinajstić information content (AvgIpc) is 3.12. The highest BCUT2D eigenvalue weighted by Crippen LogP contribution is 2.38. The highest BCUT2D eigenvalue weighted by molar-refractivity contribution is 5.41. The number of ether oxygens (including phenoxy) is 2. The summed E-state index contributed by atoms with van der Waals surface area (Å²) >= 11 is 0. The maximum absolute atomic E-state index is 9.83. The van der Waals surface area contributed by atoms with Crippen LogP contribution in [0.2, 0.25) is 0 Å². The van der Waals surface area contributed by atoms with Crippen molar-refractivity contribution in [3.8, 4) is 0 Å². The number of nitrogens with two attached hydrogens (primary N) is 1. The van der Waals surface area contributed by atoms with Gasteiger partial charge in [-0.2, -0.15) is 0 Å². The molecule has 0 spiro atoms. The largest absolute Gasteiger partial charge is 0.399 e. The summed E-state index contributed by atoms with van der Waals surface area (Å²) in [6, 6.07) is 15.5. The van der Waals surface area contributed by atoms with Gasteiger partial charge < -0.3 is 25.4 Å². The Kier molecular flexibility index (Phi) is 5.94. The van der Waals surface area contributed by atoms with E-state index in [0.717, 1.165) is 42.6 Å². The second-order valence-corrected chi connectivity index (χ2v) is 7.72. The van der Waals surface area contributed by atoms with Crippen LogP contribution in [-0.2, 0) is 16.1 Å². The van der Waals surface area contributed by atoms with Crippen LogP contribution in [0, 0.1) is 0 Å². The van der Waals surface area contributed by atoms with Crippen LogP contribution in [0.3, 0.4) is 0 Å². The van der Waals surface area contributed by atoms with Crippen molar-refractivity contribution < 1.29 is 19.7 Å². The Bertz CT molecular complexity index is 782. The topological polar surface area (TPSA) is 88.2 Å². The molecule has 28 heavy (non-hydrogen) atoms. The van der Waals surface area contributed by atoms with Crippen LogP contribution < -0.4 is 5.73 Å². The SMILES string of the molecule is Nc1cccc([C@@H]2O[C@H](CN3CC[C@H](O)C3)C[C@H](c3ccc(CO)cc3)O2)c1. The molecule has 0 bridgehead atoms. The summed E-state index contributed by atoms with van der Waals surface area (Å²) in [6.07, 6.45) is 0.708. The number of likely N-dealkylation sites (tertiary alicyclic amines) is 1. The molecule has 2 aliphatic heterocycles. The normalized spacial score (nSPS) is 28.5. The number of hydrogen-bond acceptors (Lipinski definition) is 6. The van der Waals surface area contributed by atoms with Gasteiger partial charge in [-0.25, -0.2) is 0 Å². The molecule has 0 saturated carbocycles. The van der Waals surface area contributed by atoms with Crippen molar-refractivity contribution in [3.05, 3.63) is 65.2 Å². The zero-order valence-electron chi connectivity index (χ0n) is 15.9. The van der Waals surface area contributed by atoms with E-state index < -0.39 is 6.29 Å². The molecular weight excluding hydrogens is 356 g/mol. The summed E-state index contributed by atoms with van der Waals surface area (Å²) in [5.74, 6) is 0. The maximum Gasteiger partial charge on any atom is 0.185 e. The lowest BCUT2D eigenvalue weighted by atomic mass is 9.99. The third kappa shape index (κ3) is 4.54. The zero-order chi connectivity index (χ0) is 19.5. The Balaban J connectivity index is 1.54. The molecule has 0 aliphatic carbocycles. The van der Waals surface area contributed by atoms with Crippen LogP contribution in [0.1, 0.15) is 41.9 Å². The van der Waals surface area contributed by atoms with Crippen LogP contribution in [0.15, 0.2) is 48.5 Å². The standard InChI is InChI=1S/C22H28N2O4/c23-18-3-1-2-17(10-18)22-27-20(13-24-9-8-19(26)12-24)11-21(28-22)16-6-4-15(14-25)5-7-16/h1-7,10,19-22,25-26H,8-9,11-14,23H2/t19-,20-,21+,22+/m0/s1. The number of rotatable bonds is 5. The summed E-state index contributed by atoms with van der Waals surface area (Å²) in [7, 11) is 0. The van der Waals surface area contributed by atoms with Gasteiger partial charge in [0, 0.05) is 37.3 Å². The van der Waals surface area contributed by atoms with E-state index in [1.807, 2.05) is 48.5 Å². The second-order valence-electron chi connectivity index (χ2n) is 7.72.